The predicted molar refractivity (Wildman–Crippen MR) is 85.6 cm³/mol. The van der Waals surface area contributed by atoms with Gasteiger partial charge in [0.1, 0.15) is 0 Å². The topological polar surface area (TPSA) is 58.2 Å². The number of anilines is 1. The minimum atomic E-state index is -0.329. The number of carbonyl (C=O) groups excluding carboxylic acids is 2. The molecule has 1 unspecified atom stereocenters. The molecule has 0 saturated heterocycles. The number of amides is 2. The monoisotopic (exact) mass is 322 g/mol. The summed E-state index contributed by atoms with van der Waals surface area (Å²) in [6.45, 7) is 1.44. The highest BCUT2D eigenvalue weighted by molar-refractivity contribution is 7.10. The fourth-order valence-corrected chi connectivity index (χ4v) is 2.87. The van der Waals surface area contributed by atoms with Crippen LogP contribution in [0.5, 0.6) is 0 Å². The Labute approximate surface area is 132 Å². The van der Waals surface area contributed by atoms with Crippen LogP contribution in [0.4, 0.5) is 5.69 Å². The summed E-state index contributed by atoms with van der Waals surface area (Å²) in [4.78, 5) is 24.4. The second-order valence-electron chi connectivity index (χ2n) is 4.50. The van der Waals surface area contributed by atoms with E-state index in [-0.39, 0.29) is 24.3 Å². The highest BCUT2D eigenvalue weighted by Crippen LogP contribution is 2.24. The number of benzene rings is 1. The van der Waals surface area contributed by atoms with Crippen molar-refractivity contribution in [3.05, 3.63) is 51.7 Å². The van der Waals surface area contributed by atoms with Gasteiger partial charge in [-0.3, -0.25) is 9.59 Å². The van der Waals surface area contributed by atoms with E-state index in [1.807, 2.05) is 17.5 Å². The van der Waals surface area contributed by atoms with Gasteiger partial charge in [0.05, 0.1) is 23.2 Å². The van der Waals surface area contributed by atoms with Crippen LogP contribution < -0.4 is 10.6 Å². The summed E-state index contributed by atoms with van der Waals surface area (Å²) >= 11 is 7.51. The third kappa shape index (κ3) is 4.58. The maximum Gasteiger partial charge on any atom is 0.226 e. The molecule has 1 aromatic carbocycles. The first-order valence-corrected chi connectivity index (χ1v) is 7.67. The number of para-hydroxylation sites is 1. The minimum absolute atomic E-state index is 0.158. The summed E-state index contributed by atoms with van der Waals surface area (Å²) in [5, 5.41) is 7.95. The van der Waals surface area contributed by atoms with Gasteiger partial charge in [0.15, 0.2) is 0 Å². The molecule has 1 heterocycles. The Hall–Kier alpha value is -1.85. The van der Waals surface area contributed by atoms with Crippen LogP contribution >= 0.6 is 22.9 Å². The van der Waals surface area contributed by atoms with Crippen molar-refractivity contribution < 1.29 is 9.59 Å². The van der Waals surface area contributed by atoms with Crippen molar-refractivity contribution in [1.82, 2.24) is 5.32 Å². The Balaban J connectivity index is 2.05. The van der Waals surface area contributed by atoms with E-state index in [1.54, 1.807) is 24.3 Å². The lowest BCUT2D eigenvalue weighted by molar-refractivity contribution is -0.120. The van der Waals surface area contributed by atoms with Crippen LogP contribution in [-0.2, 0) is 9.59 Å². The number of thiophene rings is 1. The van der Waals surface area contributed by atoms with E-state index in [0.717, 1.165) is 4.88 Å². The number of nitrogens with one attached hydrogen (secondary N) is 2. The van der Waals surface area contributed by atoms with Crippen molar-refractivity contribution in [3.63, 3.8) is 0 Å². The van der Waals surface area contributed by atoms with Crippen LogP contribution in [0.1, 0.15) is 24.3 Å². The lowest BCUT2D eigenvalue weighted by atomic mass is 10.1. The molecule has 2 aromatic rings. The third-order valence-corrected chi connectivity index (χ3v) is 4.12. The fourth-order valence-electron chi connectivity index (χ4n) is 1.91. The standard InChI is InChI=1S/C15H15ClN2O2S/c1-10(19)17-13(14-7-4-8-21-14)9-15(20)18-12-6-3-2-5-11(12)16/h2-8,13H,9H2,1H3,(H,17,19)(H,18,20). The van der Waals surface area contributed by atoms with Crippen molar-refractivity contribution in [1.29, 1.82) is 0 Å². The van der Waals surface area contributed by atoms with E-state index in [1.165, 1.54) is 18.3 Å². The second kappa shape index (κ2) is 7.24. The highest BCUT2D eigenvalue weighted by atomic mass is 35.5. The molecule has 0 radical (unpaired) electrons. The Morgan fingerprint density at radius 3 is 2.62 bits per heavy atom. The Kier molecular flexibility index (Phi) is 5.36. The molecule has 0 bridgehead atoms. The summed E-state index contributed by atoms with van der Waals surface area (Å²) in [6.07, 6.45) is 0.158. The van der Waals surface area contributed by atoms with Gasteiger partial charge in [0.25, 0.3) is 0 Å². The highest BCUT2D eigenvalue weighted by Gasteiger charge is 2.18. The van der Waals surface area contributed by atoms with Crippen molar-refractivity contribution in [2.24, 2.45) is 0 Å². The molecule has 4 nitrogen and oxygen atoms in total. The van der Waals surface area contributed by atoms with E-state index in [2.05, 4.69) is 10.6 Å². The zero-order valence-electron chi connectivity index (χ0n) is 11.4. The summed E-state index contributed by atoms with van der Waals surface area (Å²) < 4.78 is 0. The zero-order chi connectivity index (χ0) is 15.2. The molecule has 0 aliphatic heterocycles. The average Bonchev–Trinajstić information content (AvgIpc) is 2.94. The van der Waals surface area contributed by atoms with Crippen molar-refractivity contribution in [2.75, 3.05) is 5.32 Å². The summed E-state index contributed by atoms with van der Waals surface area (Å²) in [6, 6.07) is 10.5. The normalized spacial score (nSPS) is 11.7. The van der Waals surface area contributed by atoms with Crippen LogP contribution in [0, 0.1) is 0 Å². The maximum atomic E-state index is 12.1. The van der Waals surface area contributed by atoms with E-state index in [4.69, 9.17) is 11.6 Å². The Bertz CT molecular complexity index is 628. The molecule has 2 N–H and O–H groups in total. The lowest BCUT2D eigenvalue weighted by Gasteiger charge is -2.16. The molecular formula is C15H15ClN2O2S. The van der Waals surface area contributed by atoms with E-state index < -0.39 is 0 Å². The van der Waals surface area contributed by atoms with Crippen LogP contribution in [0.15, 0.2) is 41.8 Å². The van der Waals surface area contributed by atoms with Gasteiger partial charge in [-0.15, -0.1) is 11.3 Å². The van der Waals surface area contributed by atoms with Gasteiger partial charge in [-0.1, -0.05) is 29.8 Å². The minimum Gasteiger partial charge on any atom is -0.348 e. The first-order valence-electron chi connectivity index (χ1n) is 6.41. The van der Waals surface area contributed by atoms with Crippen molar-refractivity contribution >= 4 is 40.4 Å². The molecule has 0 aliphatic carbocycles. The Morgan fingerprint density at radius 2 is 2.00 bits per heavy atom. The quantitative estimate of drug-likeness (QED) is 0.883. The molecule has 2 rings (SSSR count). The van der Waals surface area contributed by atoms with E-state index in [9.17, 15) is 9.59 Å². The maximum absolute atomic E-state index is 12.1. The number of hydrogen-bond donors (Lipinski definition) is 2. The second-order valence-corrected chi connectivity index (χ2v) is 5.89. The van der Waals surface area contributed by atoms with Gasteiger partial charge in [-0.2, -0.15) is 0 Å². The van der Waals surface area contributed by atoms with Gasteiger partial charge in [-0.25, -0.2) is 0 Å². The molecule has 110 valence electrons. The van der Waals surface area contributed by atoms with E-state index in [0.29, 0.717) is 10.7 Å². The van der Waals surface area contributed by atoms with Gasteiger partial charge >= 0.3 is 0 Å². The summed E-state index contributed by atoms with van der Waals surface area (Å²) in [7, 11) is 0. The van der Waals surface area contributed by atoms with Gasteiger partial charge in [0.2, 0.25) is 11.8 Å². The molecule has 0 aliphatic rings. The molecule has 0 fully saturated rings. The van der Waals surface area contributed by atoms with Crippen molar-refractivity contribution in [3.8, 4) is 0 Å². The average molecular weight is 323 g/mol. The number of rotatable bonds is 5. The van der Waals surface area contributed by atoms with Gasteiger partial charge < -0.3 is 10.6 Å². The van der Waals surface area contributed by atoms with E-state index >= 15 is 0 Å². The molecule has 2 amide bonds. The van der Waals surface area contributed by atoms with Crippen molar-refractivity contribution in [2.45, 2.75) is 19.4 Å². The molecule has 1 atom stereocenters. The lowest BCUT2D eigenvalue weighted by Crippen LogP contribution is -2.29. The summed E-state index contributed by atoms with van der Waals surface area (Å²) in [5.74, 6) is -0.366. The van der Waals surface area contributed by atoms with Gasteiger partial charge in [0, 0.05) is 11.8 Å². The number of hydrogen-bond acceptors (Lipinski definition) is 3. The Morgan fingerprint density at radius 1 is 1.24 bits per heavy atom. The van der Waals surface area contributed by atoms with Crippen LogP contribution in [0.3, 0.4) is 0 Å². The predicted octanol–water partition coefficient (Wildman–Crippen LogP) is 3.61. The third-order valence-electron chi connectivity index (χ3n) is 2.80. The number of halogens is 1. The fraction of sp³-hybridized carbons (Fsp3) is 0.200. The first kappa shape index (κ1) is 15.5. The molecule has 6 heteroatoms. The molecule has 21 heavy (non-hydrogen) atoms. The first-order chi connectivity index (χ1) is 10.1. The molecule has 0 saturated carbocycles. The smallest absolute Gasteiger partial charge is 0.226 e. The van der Waals surface area contributed by atoms with Gasteiger partial charge in [-0.05, 0) is 23.6 Å². The molecule has 0 spiro atoms. The van der Waals surface area contributed by atoms with Crippen LogP contribution in [0.25, 0.3) is 0 Å². The molecular weight excluding hydrogens is 308 g/mol. The zero-order valence-corrected chi connectivity index (χ0v) is 13.0. The summed E-state index contributed by atoms with van der Waals surface area (Å²) in [5.41, 5.74) is 0.567. The van der Waals surface area contributed by atoms with Crippen LogP contribution in [0.2, 0.25) is 5.02 Å². The van der Waals surface area contributed by atoms with Crippen LogP contribution in [-0.4, -0.2) is 11.8 Å². The SMILES string of the molecule is CC(=O)NC(CC(=O)Nc1ccccc1Cl)c1cccs1. The molecule has 1 aromatic heterocycles. The number of carbonyl (C=O) groups is 2. The largest absolute Gasteiger partial charge is 0.348 e.